The lowest BCUT2D eigenvalue weighted by Crippen LogP contribution is -2.51. The summed E-state index contributed by atoms with van der Waals surface area (Å²) in [5, 5.41) is 13.7. The van der Waals surface area contributed by atoms with Crippen molar-refractivity contribution in [2.24, 2.45) is 0 Å². The number of amides is 1. The smallest absolute Gasteiger partial charge is 0.253 e. The van der Waals surface area contributed by atoms with E-state index in [-0.39, 0.29) is 11.4 Å². The Hall–Kier alpha value is -3.23. The minimum Gasteiger partial charge on any atom is -0.347 e. The van der Waals surface area contributed by atoms with E-state index in [4.69, 9.17) is 0 Å². The van der Waals surface area contributed by atoms with Gasteiger partial charge >= 0.3 is 0 Å². The van der Waals surface area contributed by atoms with Crippen molar-refractivity contribution in [2.75, 3.05) is 13.1 Å². The second-order valence-corrected chi connectivity index (χ2v) is 9.58. The van der Waals surface area contributed by atoms with Crippen LogP contribution in [-0.4, -0.2) is 34.4 Å². The van der Waals surface area contributed by atoms with Crippen molar-refractivity contribution in [3.63, 3.8) is 0 Å². The summed E-state index contributed by atoms with van der Waals surface area (Å²) in [6.45, 7) is 2.85. The van der Waals surface area contributed by atoms with Gasteiger partial charge in [-0.2, -0.15) is 5.26 Å². The van der Waals surface area contributed by atoms with Crippen molar-refractivity contribution in [3.05, 3.63) is 77.0 Å². The molecule has 1 saturated carbocycles. The Balaban J connectivity index is 1.28. The van der Waals surface area contributed by atoms with Crippen LogP contribution in [0.3, 0.4) is 0 Å². The summed E-state index contributed by atoms with van der Waals surface area (Å²) in [5.41, 5.74) is 4.74. The lowest BCUT2D eigenvalue weighted by molar-refractivity contribution is 0.0840. The predicted octanol–water partition coefficient (Wildman–Crippen LogP) is 4.99. The highest BCUT2D eigenvalue weighted by atomic mass is 16.1. The number of benzene rings is 2. The molecule has 3 aromatic rings. The summed E-state index contributed by atoms with van der Waals surface area (Å²) in [5.74, 6) is -0.0159. The molecule has 168 valence electrons. The number of nitrogens with one attached hydrogen (secondary N) is 1. The molecule has 1 fully saturated rings. The Kier molecular flexibility index (Phi) is 6.11. The molecular formula is C28H30N4O. The third-order valence-electron chi connectivity index (χ3n) is 7.38. The third kappa shape index (κ3) is 4.77. The van der Waals surface area contributed by atoms with Crippen LogP contribution in [0.5, 0.6) is 0 Å². The average molecular weight is 439 g/mol. The molecule has 5 heteroatoms. The van der Waals surface area contributed by atoms with E-state index in [1.807, 2.05) is 42.5 Å². The van der Waals surface area contributed by atoms with Crippen LogP contribution in [0.25, 0.3) is 10.9 Å². The summed E-state index contributed by atoms with van der Waals surface area (Å²) in [6, 6.07) is 18.2. The molecule has 2 aliphatic rings. The van der Waals surface area contributed by atoms with Gasteiger partial charge in [0.05, 0.1) is 22.7 Å². The highest BCUT2D eigenvalue weighted by Gasteiger charge is 2.34. The summed E-state index contributed by atoms with van der Waals surface area (Å²) >= 11 is 0. The minimum atomic E-state index is -0.157. The molecule has 33 heavy (non-hydrogen) atoms. The number of para-hydroxylation sites is 1. The molecule has 2 aromatic carbocycles. The largest absolute Gasteiger partial charge is 0.347 e. The number of pyridine rings is 1. The van der Waals surface area contributed by atoms with Gasteiger partial charge in [0, 0.05) is 36.8 Å². The van der Waals surface area contributed by atoms with E-state index in [9.17, 15) is 10.1 Å². The van der Waals surface area contributed by atoms with Gasteiger partial charge in [0.2, 0.25) is 0 Å². The second kappa shape index (κ2) is 9.33. The zero-order chi connectivity index (χ0) is 22.7. The number of hydrogen-bond acceptors (Lipinski definition) is 4. The number of nitrogens with zero attached hydrogens (tertiary/aromatic N) is 3. The first kappa shape index (κ1) is 21.6. The normalized spacial score (nSPS) is 17.8. The van der Waals surface area contributed by atoms with Crippen LogP contribution in [-0.2, 0) is 13.0 Å². The van der Waals surface area contributed by atoms with Crippen molar-refractivity contribution in [2.45, 2.75) is 57.0 Å². The van der Waals surface area contributed by atoms with Crippen molar-refractivity contribution in [1.29, 1.82) is 5.26 Å². The van der Waals surface area contributed by atoms with Gasteiger partial charge in [0.25, 0.3) is 5.91 Å². The maximum atomic E-state index is 13.3. The number of carbonyl (C=O) groups excluding carboxylic acids is 1. The van der Waals surface area contributed by atoms with E-state index in [1.54, 1.807) is 6.20 Å². The van der Waals surface area contributed by atoms with Gasteiger partial charge in [0.15, 0.2) is 0 Å². The van der Waals surface area contributed by atoms with Crippen LogP contribution < -0.4 is 5.32 Å². The van der Waals surface area contributed by atoms with Crippen molar-refractivity contribution >= 4 is 16.8 Å². The van der Waals surface area contributed by atoms with Crippen LogP contribution >= 0.6 is 0 Å². The Bertz CT molecular complexity index is 1210. The number of fused-ring (bicyclic) bond motifs is 2. The molecule has 1 aliphatic heterocycles. The molecule has 0 bridgehead atoms. The molecule has 1 amide bonds. The van der Waals surface area contributed by atoms with E-state index in [2.05, 4.69) is 27.3 Å². The summed E-state index contributed by atoms with van der Waals surface area (Å²) in [4.78, 5) is 20.2. The van der Waals surface area contributed by atoms with Gasteiger partial charge in [-0.25, -0.2) is 0 Å². The fourth-order valence-electron chi connectivity index (χ4n) is 5.42. The summed E-state index contributed by atoms with van der Waals surface area (Å²) in [6.07, 6.45) is 9.28. The zero-order valence-corrected chi connectivity index (χ0v) is 19.0. The van der Waals surface area contributed by atoms with E-state index < -0.39 is 0 Å². The van der Waals surface area contributed by atoms with E-state index in [1.165, 1.54) is 17.5 Å². The lowest BCUT2D eigenvalue weighted by Gasteiger charge is -2.40. The first-order valence-corrected chi connectivity index (χ1v) is 12.1. The first-order chi connectivity index (χ1) is 16.1. The fourth-order valence-corrected chi connectivity index (χ4v) is 5.42. The quantitative estimate of drug-likeness (QED) is 0.609. The molecule has 1 aliphatic carbocycles. The zero-order valence-electron chi connectivity index (χ0n) is 19.0. The van der Waals surface area contributed by atoms with Crippen molar-refractivity contribution in [1.82, 2.24) is 15.2 Å². The number of rotatable bonds is 5. The van der Waals surface area contributed by atoms with E-state index in [0.29, 0.717) is 5.56 Å². The molecule has 0 radical (unpaired) electrons. The van der Waals surface area contributed by atoms with Gasteiger partial charge in [-0.3, -0.25) is 14.7 Å². The summed E-state index contributed by atoms with van der Waals surface area (Å²) < 4.78 is 0. The molecule has 0 saturated heterocycles. The lowest BCUT2D eigenvalue weighted by atomic mass is 9.78. The Labute approximate surface area is 195 Å². The molecule has 5 rings (SSSR count). The second-order valence-electron chi connectivity index (χ2n) is 9.58. The Morgan fingerprint density at radius 3 is 2.79 bits per heavy atom. The number of nitriles is 1. The fraction of sp³-hybridized carbons (Fsp3) is 0.393. The maximum absolute atomic E-state index is 13.3. The Morgan fingerprint density at radius 1 is 1.09 bits per heavy atom. The number of hydrogen-bond donors (Lipinski definition) is 1. The van der Waals surface area contributed by atoms with E-state index >= 15 is 0 Å². The highest BCUT2D eigenvalue weighted by molar-refractivity contribution is 5.97. The molecule has 0 unspecified atom stereocenters. The number of carbonyl (C=O) groups is 1. The molecule has 5 nitrogen and oxygen atoms in total. The molecule has 0 atom stereocenters. The minimum absolute atomic E-state index is 0.0159. The van der Waals surface area contributed by atoms with Gasteiger partial charge in [-0.1, -0.05) is 43.5 Å². The monoisotopic (exact) mass is 438 g/mol. The number of aromatic nitrogens is 1. The van der Waals surface area contributed by atoms with Crippen LogP contribution in [0.15, 0.2) is 54.7 Å². The Morgan fingerprint density at radius 2 is 1.94 bits per heavy atom. The maximum Gasteiger partial charge on any atom is 0.253 e. The van der Waals surface area contributed by atoms with E-state index in [0.717, 1.165) is 74.6 Å². The van der Waals surface area contributed by atoms with Gasteiger partial charge in [-0.05, 0) is 61.1 Å². The third-order valence-corrected chi connectivity index (χ3v) is 7.38. The highest BCUT2D eigenvalue weighted by Crippen LogP contribution is 2.32. The molecular weight excluding hydrogens is 408 g/mol. The SMILES string of the molecule is N#Cc1ccc2c(c1)CN(CCC1(NC(=O)c3cnc4ccccc4c3)CCCCC1)CC2. The van der Waals surface area contributed by atoms with Crippen LogP contribution in [0.4, 0.5) is 0 Å². The standard InChI is InChI=1S/C28H30N4O/c29-18-21-8-9-22-10-14-32(20-25(22)16-21)15-13-28(11-4-1-5-12-28)31-27(33)24-17-23-6-2-3-7-26(23)30-19-24/h2-3,6-9,16-17,19H,1,4-5,10-15,20H2,(H,31,33). The van der Waals surface area contributed by atoms with Gasteiger partial charge < -0.3 is 5.32 Å². The predicted molar refractivity (Wildman–Crippen MR) is 130 cm³/mol. The molecule has 2 heterocycles. The molecule has 0 spiro atoms. The first-order valence-electron chi connectivity index (χ1n) is 12.1. The van der Waals surface area contributed by atoms with Crippen molar-refractivity contribution < 1.29 is 4.79 Å². The topological polar surface area (TPSA) is 69.0 Å². The van der Waals surface area contributed by atoms with Gasteiger partial charge in [0.1, 0.15) is 0 Å². The van der Waals surface area contributed by atoms with Gasteiger partial charge in [-0.15, -0.1) is 0 Å². The average Bonchev–Trinajstić information content (AvgIpc) is 2.87. The van der Waals surface area contributed by atoms with Crippen molar-refractivity contribution in [3.8, 4) is 6.07 Å². The molecule has 1 N–H and O–H groups in total. The summed E-state index contributed by atoms with van der Waals surface area (Å²) in [7, 11) is 0. The van der Waals surface area contributed by atoms with Crippen LogP contribution in [0.1, 0.15) is 65.6 Å². The van der Waals surface area contributed by atoms with Crippen LogP contribution in [0.2, 0.25) is 0 Å². The molecule has 1 aromatic heterocycles. The van der Waals surface area contributed by atoms with Crippen LogP contribution in [0, 0.1) is 11.3 Å².